The number of ketones is 1. The molecule has 6 nitrogen and oxygen atoms in total. The SMILES string of the molecule is O=C1CCCc2[nH]c(=O)c(C(=O)N3CCN(Cc4csc5ccccc45)CC3)cc21. The number of nitrogens with zero attached hydrogens (tertiary/aromatic N) is 2. The summed E-state index contributed by atoms with van der Waals surface area (Å²) in [6, 6.07) is 9.94. The number of benzene rings is 1. The number of thiophene rings is 1. The maximum atomic E-state index is 13.0. The molecule has 0 radical (unpaired) electrons. The van der Waals surface area contributed by atoms with Crippen LogP contribution in [0.15, 0.2) is 40.5 Å². The molecule has 0 atom stereocenters. The number of Topliss-reactive ketones (excluding diaryl/α,β-unsaturated/α-hetero) is 1. The van der Waals surface area contributed by atoms with Gasteiger partial charge in [-0.25, -0.2) is 0 Å². The Morgan fingerprint density at radius 1 is 1.07 bits per heavy atom. The van der Waals surface area contributed by atoms with Crippen LogP contribution in [0.25, 0.3) is 10.1 Å². The van der Waals surface area contributed by atoms with Crippen molar-refractivity contribution in [1.29, 1.82) is 0 Å². The van der Waals surface area contributed by atoms with Gasteiger partial charge in [0.05, 0.1) is 0 Å². The standard InChI is InChI=1S/C23H23N3O3S/c27-20-6-3-5-19-17(20)12-18(22(28)24-19)23(29)26-10-8-25(9-11-26)13-15-14-30-21-7-2-1-4-16(15)21/h1-2,4,7,12,14H,3,5-6,8-11,13H2,(H,24,28). The van der Waals surface area contributed by atoms with E-state index in [0.29, 0.717) is 37.2 Å². The largest absolute Gasteiger partial charge is 0.336 e. The third-order valence-electron chi connectivity index (χ3n) is 6.10. The number of aryl methyl sites for hydroxylation is 1. The van der Waals surface area contributed by atoms with Gasteiger partial charge in [0.2, 0.25) is 0 Å². The first-order chi connectivity index (χ1) is 14.6. The first-order valence-corrected chi connectivity index (χ1v) is 11.2. The predicted molar refractivity (Wildman–Crippen MR) is 117 cm³/mol. The molecule has 0 saturated carbocycles. The van der Waals surface area contributed by atoms with Crippen molar-refractivity contribution in [3.63, 3.8) is 0 Å². The number of piperazine rings is 1. The van der Waals surface area contributed by atoms with Crippen molar-refractivity contribution in [3.05, 3.63) is 68.4 Å². The van der Waals surface area contributed by atoms with Crippen molar-refractivity contribution < 1.29 is 9.59 Å². The zero-order valence-electron chi connectivity index (χ0n) is 16.6. The van der Waals surface area contributed by atoms with Crippen molar-refractivity contribution in [2.45, 2.75) is 25.8 Å². The molecule has 1 saturated heterocycles. The van der Waals surface area contributed by atoms with E-state index in [0.717, 1.165) is 26.1 Å². The fourth-order valence-corrected chi connectivity index (χ4v) is 5.36. The molecule has 2 aromatic heterocycles. The molecule has 5 rings (SSSR count). The van der Waals surface area contributed by atoms with Gasteiger partial charge in [-0.1, -0.05) is 18.2 Å². The molecule has 154 valence electrons. The van der Waals surface area contributed by atoms with Gasteiger partial charge >= 0.3 is 0 Å². The van der Waals surface area contributed by atoms with E-state index in [-0.39, 0.29) is 22.8 Å². The molecule has 0 spiro atoms. The van der Waals surface area contributed by atoms with Crippen LogP contribution in [0.1, 0.15) is 44.8 Å². The van der Waals surface area contributed by atoms with Gasteiger partial charge in [0, 0.05) is 55.1 Å². The van der Waals surface area contributed by atoms with Gasteiger partial charge in [-0.05, 0) is 41.3 Å². The van der Waals surface area contributed by atoms with Gasteiger partial charge in [-0.3, -0.25) is 19.3 Å². The lowest BCUT2D eigenvalue weighted by Crippen LogP contribution is -2.49. The lowest BCUT2D eigenvalue weighted by Gasteiger charge is -2.34. The fourth-order valence-electron chi connectivity index (χ4n) is 4.41. The molecule has 7 heteroatoms. The number of hydrogen-bond donors (Lipinski definition) is 1. The van der Waals surface area contributed by atoms with E-state index >= 15 is 0 Å². The summed E-state index contributed by atoms with van der Waals surface area (Å²) in [5.74, 6) is -0.271. The highest BCUT2D eigenvalue weighted by Crippen LogP contribution is 2.27. The van der Waals surface area contributed by atoms with E-state index in [9.17, 15) is 14.4 Å². The van der Waals surface area contributed by atoms with Crippen LogP contribution >= 0.6 is 11.3 Å². The number of rotatable bonds is 3. The molecule has 1 aliphatic carbocycles. The second kappa shape index (κ2) is 7.81. The first kappa shape index (κ1) is 19.2. The Hall–Kier alpha value is -2.77. The monoisotopic (exact) mass is 421 g/mol. The van der Waals surface area contributed by atoms with Crippen molar-refractivity contribution in [3.8, 4) is 0 Å². The van der Waals surface area contributed by atoms with E-state index in [1.807, 2.05) is 0 Å². The van der Waals surface area contributed by atoms with Crippen LogP contribution in [-0.2, 0) is 13.0 Å². The summed E-state index contributed by atoms with van der Waals surface area (Å²) >= 11 is 1.76. The second-order valence-corrected chi connectivity index (χ2v) is 8.92. The Bertz CT molecular complexity index is 1190. The summed E-state index contributed by atoms with van der Waals surface area (Å²) in [6.45, 7) is 3.53. The Morgan fingerprint density at radius 3 is 2.70 bits per heavy atom. The number of aromatic amines is 1. The molecule has 1 N–H and O–H groups in total. The number of carbonyl (C=O) groups is 2. The van der Waals surface area contributed by atoms with Gasteiger partial charge in [0.1, 0.15) is 5.56 Å². The van der Waals surface area contributed by atoms with E-state index < -0.39 is 0 Å². The Morgan fingerprint density at radius 2 is 1.87 bits per heavy atom. The van der Waals surface area contributed by atoms with E-state index in [4.69, 9.17) is 0 Å². The Labute approximate surface area is 178 Å². The number of H-pyrrole nitrogens is 1. The highest BCUT2D eigenvalue weighted by Gasteiger charge is 2.27. The Kier molecular flexibility index (Phi) is 5.00. The topological polar surface area (TPSA) is 73.5 Å². The van der Waals surface area contributed by atoms with Gasteiger partial charge in [-0.2, -0.15) is 0 Å². The maximum Gasteiger partial charge on any atom is 0.261 e. The summed E-state index contributed by atoms with van der Waals surface area (Å²) in [6.07, 6.45) is 1.90. The number of amides is 1. The predicted octanol–water partition coefficient (Wildman–Crippen LogP) is 3.07. The van der Waals surface area contributed by atoms with Crippen LogP contribution in [-0.4, -0.2) is 52.7 Å². The fraction of sp³-hybridized carbons (Fsp3) is 0.348. The number of carbonyl (C=O) groups excluding carboxylic acids is 2. The van der Waals surface area contributed by atoms with Crippen LogP contribution in [0.3, 0.4) is 0 Å². The molecule has 1 aromatic carbocycles. The van der Waals surface area contributed by atoms with Crippen molar-refractivity contribution in [2.24, 2.45) is 0 Å². The highest BCUT2D eigenvalue weighted by molar-refractivity contribution is 7.17. The first-order valence-electron chi connectivity index (χ1n) is 10.4. The number of nitrogens with one attached hydrogen (secondary N) is 1. The molecule has 1 aliphatic heterocycles. The van der Waals surface area contributed by atoms with E-state index in [1.54, 1.807) is 16.2 Å². The molecular formula is C23H23N3O3S. The average Bonchev–Trinajstić information content (AvgIpc) is 3.16. The molecule has 30 heavy (non-hydrogen) atoms. The third-order valence-corrected chi connectivity index (χ3v) is 7.11. The molecule has 1 amide bonds. The average molecular weight is 422 g/mol. The van der Waals surface area contributed by atoms with Crippen LogP contribution in [0.5, 0.6) is 0 Å². The lowest BCUT2D eigenvalue weighted by atomic mass is 9.93. The van der Waals surface area contributed by atoms with Crippen LogP contribution in [0.4, 0.5) is 0 Å². The quantitative estimate of drug-likeness (QED) is 0.705. The molecule has 2 aliphatic rings. The van der Waals surface area contributed by atoms with Crippen LogP contribution < -0.4 is 5.56 Å². The van der Waals surface area contributed by atoms with E-state index in [2.05, 4.69) is 39.5 Å². The number of aromatic nitrogens is 1. The van der Waals surface area contributed by atoms with Crippen molar-refractivity contribution in [2.75, 3.05) is 26.2 Å². The van der Waals surface area contributed by atoms with Gasteiger partial charge in [0.25, 0.3) is 11.5 Å². The molecule has 3 heterocycles. The number of hydrogen-bond acceptors (Lipinski definition) is 5. The van der Waals surface area contributed by atoms with Crippen molar-refractivity contribution >= 4 is 33.1 Å². The summed E-state index contributed by atoms with van der Waals surface area (Å²) in [5, 5.41) is 3.51. The van der Waals surface area contributed by atoms with Gasteiger partial charge < -0.3 is 9.88 Å². The molecule has 1 fully saturated rings. The second-order valence-electron chi connectivity index (χ2n) is 8.01. The lowest BCUT2D eigenvalue weighted by molar-refractivity contribution is 0.0627. The molecule has 3 aromatic rings. The van der Waals surface area contributed by atoms with Crippen molar-refractivity contribution in [1.82, 2.24) is 14.8 Å². The minimum atomic E-state index is -0.388. The minimum absolute atomic E-state index is 0.00867. The smallest absolute Gasteiger partial charge is 0.261 e. The number of fused-ring (bicyclic) bond motifs is 2. The van der Waals surface area contributed by atoms with Gasteiger partial charge in [-0.15, -0.1) is 11.3 Å². The Balaban J connectivity index is 1.28. The zero-order chi connectivity index (χ0) is 20.7. The number of pyridine rings is 1. The third kappa shape index (κ3) is 3.48. The van der Waals surface area contributed by atoms with Crippen LogP contribution in [0, 0.1) is 0 Å². The highest BCUT2D eigenvalue weighted by atomic mass is 32.1. The van der Waals surface area contributed by atoms with Crippen LogP contribution in [0.2, 0.25) is 0 Å². The molecule has 0 bridgehead atoms. The van der Waals surface area contributed by atoms with E-state index in [1.165, 1.54) is 21.7 Å². The minimum Gasteiger partial charge on any atom is -0.336 e. The molecule has 0 unspecified atom stereocenters. The summed E-state index contributed by atoms with van der Waals surface area (Å²) in [5.41, 5.74) is 2.19. The van der Waals surface area contributed by atoms with Gasteiger partial charge in [0.15, 0.2) is 5.78 Å². The maximum absolute atomic E-state index is 13.0. The summed E-state index contributed by atoms with van der Waals surface area (Å²) < 4.78 is 1.29. The normalized spacial score (nSPS) is 17.3. The summed E-state index contributed by atoms with van der Waals surface area (Å²) in [7, 11) is 0. The molecular weight excluding hydrogens is 398 g/mol. The summed E-state index contributed by atoms with van der Waals surface area (Å²) in [4.78, 5) is 44.5. The zero-order valence-corrected chi connectivity index (χ0v) is 17.5.